The highest BCUT2D eigenvalue weighted by atomic mass is 16.6. The standard InChI is InChI=1S/C13H11N5O4/c1-9(10-3-2-6-14-8-10)15-16-12-5-4-11(17(19)20)7-13(12)18(21)22/h2-8,16H,1H3/b15-9+. The summed E-state index contributed by atoms with van der Waals surface area (Å²) in [6.45, 7) is 1.71. The molecule has 1 aromatic heterocycles. The van der Waals surface area contributed by atoms with Crippen LogP contribution < -0.4 is 5.43 Å². The number of anilines is 1. The van der Waals surface area contributed by atoms with Crippen LogP contribution in [0.3, 0.4) is 0 Å². The molecule has 0 unspecified atom stereocenters. The number of nitrogens with zero attached hydrogens (tertiary/aromatic N) is 4. The lowest BCUT2D eigenvalue weighted by atomic mass is 10.2. The highest BCUT2D eigenvalue weighted by Crippen LogP contribution is 2.28. The molecule has 112 valence electrons. The van der Waals surface area contributed by atoms with E-state index in [4.69, 9.17) is 0 Å². The fourth-order valence-electron chi connectivity index (χ4n) is 1.66. The van der Waals surface area contributed by atoms with Crippen LogP contribution in [0.15, 0.2) is 47.8 Å². The molecule has 22 heavy (non-hydrogen) atoms. The van der Waals surface area contributed by atoms with Gasteiger partial charge in [0, 0.05) is 24.0 Å². The van der Waals surface area contributed by atoms with Crippen LogP contribution in [0.1, 0.15) is 12.5 Å². The van der Waals surface area contributed by atoms with Gasteiger partial charge < -0.3 is 0 Å². The van der Waals surface area contributed by atoms with Crippen molar-refractivity contribution in [3.05, 3.63) is 68.5 Å². The van der Waals surface area contributed by atoms with Crippen molar-refractivity contribution < 1.29 is 9.85 Å². The fourth-order valence-corrected chi connectivity index (χ4v) is 1.66. The molecule has 9 heteroatoms. The first-order chi connectivity index (χ1) is 10.5. The normalized spacial score (nSPS) is 11.0. The molecule has 0 radical (unpaired) electrons. The maximum atomic E-state index is 11.0. The Bertz CT molecular complexity index is 745. The molecule has 0 aliphatic rings. The molecule has 0 aliphatic carbocycles. The van der Waals surface area contributed by atoms with Gasteiger partial charge in [0.05, 0.1) is 21.6 Å². The van der Waals surface area contributed by atoms with E-state index in [9.17, 15) is 20.2 Å². The third kappa shape index (κ3) is 3.39. The highest BCUT2D eigenvalue weighted by Gasteiger charge is 2.19. The lowest BCUT2D eigenvalue weighted by Crippen LogP contribution is -2.02. The van der Waals surface area contributed by atoms with Crippen LogP contribution in [0.5, 0.6) is 0 Å². The molecule has 1 N–H and O–H groups in total. The third-order valence-corrected chi connectivity index (χ3v) is 2.81. The van der Waals surface area contributed by atoms with Crippen LogP contribution in [0.25, 0.3) is 0 Å². The smallest absolute Gasteiger partial charge is 0.271 e. The van der Waals surface area contributed by atoms with Gasteiger partial charge in [0.2, 0.25) is 0 Å². The van der Waals surface area contributed by atoms with E-state index in [-0.39, 0.29) is 11.4 Å². The van der Waals surface area contributed by atoms with Gasteiger partial charge in [-0.3, -0.25) is 30.6 Å². The van der Waals surface area contributed by atoms with Gasteiger partial charge in [-0.1, -0.05) is 6.07 Å². The van der Waals surface area contributed by atoms with Crippen molar-refractivity contribution >= 4 is 22.8 Å². The second kappa shape index (κ2) is 6.39. The van der Waals surface area contributed by atoms with Gasteiger partial charge >= 0.3 is 5.69 Å². The van der Waals surface area contributed by atoms with Crippen LogP contribution in [0.2, 0.25) is 0 Å². The molecule has 0 atom stereocenters. The molecular weight excluding hydrogens is 290 g/mol. The highest BCUT2D eigenvalue weighted by molar-refractivity contribution is 5.98. The molecule has 0 bridgehead atoms. The minimum atomic E-state index is -0.704. The monoisotopic (exact) mass is 301 g/mol. The maximum Gasteiger partial charge on any atom is 0.301 e. The van der Waals surface area contributed by atoms with Gasteiger partial charge in [-0.2, -0.15) is 5.10 Å². The largest absolute Gasteiger partial charge is 0.301 e. The van der Waals surface area contributed by atoms with E-state index in [1.165, 1.54) is 12.1 Å². The molecule has 1 heterocycles. The summed E-state index contributed by atoms with van der Waals surface area (Å²) in [5.74, 6) is 0. The number of benzene rings is 1. The van der Waals surface area contributed by atoms with Gasteiger partial charge in [0.15, 0.2) is 0 Å². The topological polar surface area (TPSA) is 124 Å². The van der Waals surface area contributed by atoms with Crippen molar-refractivity contribution in [1.29, 1.82) is 0 Å². The summed E-state index contributed by atoms with van der Waals surface area (Å²) in [6.07, 6.45) is 3.22. The van der Waals surface area contributed by atoms with Gasteiger partial charge in [-0.25, -0.2) is 0 Å². The van der Waals surface area contributed by atoms with E-state index in [1.807, 2.05) is 0 Å². The fraction of sp³-hybridized carbons (Fsp3) is 0.0769. The minimum absolute atomic E-state index is 0.0684. The number of aromatic nitrogens is 1. The summed E-state index contributed by atoms with van der Waals surface area (Å²) in [7, 11) is 0. The Labute approximate surface area is 124 Å². The summed E-state index contributed by atoms with van der Waals surface area (Å²) in [4.78, 5) is 24.2. The zero-order valence-electron chi connectivity index (χ0n) is 11.5. The average Bonchev–Trinajstić information content (AvgIpc) is 2.53. The number of nitro benzene ring substituents is 2. The van der Waals surface area contributed by atoms with E-state index >= 15 is 0 Å². The Hall–Kier alpha value is -3.36. The predicted molar refractivity (Wildman–Crippen MR) is 79.8 cm³/mol. The Kier molecular flexibility index (Phi) is 4.37. The van der Waals surface area contributed by atoms with Gasteiger partial charge in [-0.15, -0.1) is 0 Å². The minimum Gasteiger partial charge on any atom is -0.271 e. The number of hydrazone groups is 1. The van der Waals surface area contributed by atoms with E-state index in [2.05, 4.69) is 15.5 Å². The number of hydrogen-bond donors (Lipinski definition) is 1. The molecule has 0 saturated carbocycles. The molecule has 2 rings (SSSR count). The second-order valence-electron chi connectivity index (χ2n) is 4.27. The van der Waals surface area contributed by atoms with Crippen LogP contribution in [0, 0.1) is 20.2 Å². The first-order valence-electron chi connectivity index (χ1n) is 6.12. The second-order valence-corrected chi connectivity index (χ2v) is 4.27. The Morgan fingerprint density at radius 3 is 2.59 bits per heavy atom. The van der Waals surface area contributed by atoms with Crippen LogP contribution >= 0.6 is 0 Å². The molecular formula is C13H11N5O4. The average molecular weight is 301 g/mol. The van der Waals surface area contributed by atoms with Crippen molar-refractivity contribution in [2.45, 2.75) is 6.92 Å². The Morgan fingerprint density at radius 2 is 2.00 bits per heavy atom. The molecule has 9 nitrogen and oxygen atoms in total. The van der Waals surface area contributed by atoms with E-state index < -0.39 is 15.5 Å². The van der Waals surface area contributed by atoms with Crippen molar-refractivity contribution in [2.75, 3.05) is 5.43 Å². The van der Waals surface area contributed by atoms with Crippen molar-refractivity contribution in [1.82, 2.24) is 4.98 Å². The number of non-ortho nitro benzene ring substituents is 1. The number of nitro groups is 2. The van der Waals surface area contributed by atoms with Gasteiger partial charge in [0.1, 0.15) is 5.69 Å². The zero-order chi connectivity index (χ0) is 16.1. The Morgan fingerprint density at radius 1 is 1.23 bits per heavy atom. The number of rotatable bonds is 5. The van der Waals surface area contributed by atoms with E-state index in [0.29, 0.717) is 5.71 Å². The molecule has 0 amide bonds. The molecule has 0 spiro atoms. The molecule has 2 aromatic rings. The lowest BCUT2D eigenvalue weighted by Gasteiger charge is -2.04. The van der Waals surface area contributed by atoms with E-state index in [1.54, 1.807) is 31.5 Å². The quantitative estimate of drug-likeness (QED) is 0.514. The molecule has 0 saturated heterocycles. The molecule has 1 aromatic carbocycles. The van der Waals surface area contributed by atoms with Crippen LogP contribution in [0.4, 0.5) is 17.1 Å². The number of hydrogen-bond acceptors (Lipinski definition) is 7. The zero-order valence-corrected chi connectivity index (χ0v) is 11.5. The van der Waals surface area contributed by atoms with Crippen LogP contribution in [-0.2, 0) is 0 Å². The van der Waals surface area contributed by atoms with Gasteiger partial charge in [0.25, 0.3) is 5.69 Å². The van der Waals surface area contributed by atoms with Crippen molar-refractivity contribution in [3.63, 3.8) is 0 Å². The van der Waals surface area contributed by atoms with Crippen LogP contribution in [-0.4, -0.2) is 20.5 Å². The SMILES string of the molecule is C/C(=N\Nc1ccc([N+](=O)[O-])cc1[N+](=O)[O-])c1cccnc1. The van der Waals surface area contributed by atoms with Crippen molar-refractivity contribution in [3.8, 4) is 0 Å². The molecule has 0 aliphatic heterocycles. The summed E-state index contributed by atoms with van der Waals surface area (Å²) in [6, 6.07) is 6.83. The maximum absolute atomic E-state index is 11.0. The summed E-state index contributed by atoms with van der Waals surface area (Å²) in [5, 5.41) is 25.7. The van der Waals surface area contributed by atoms with E-state index in [0.717, 1.165) is 11.6 Å². The third-order valence-electron chi connectivity index (χ3n) is 2.81. The lowest BCUT2D eigenvalue weighted by molar-refractivity contribution is -0.393. The predicted octanol–water partition coefficient (Wildman–Crippen LogP) is 2.73. The summed E-state index contributed by atoms with van der Waals surface area (Å²) >= 11 is 0. The van der Waals surface area contributed by atoms with Gasteiger partial charge in [-0.05, 0) is 19.1 Å². The first kappa shape index (κ1) is 15.0. The van der Waals surface area contributed by atoms with Crippen molar-refractivity contribution in [2.24, 2.45) is 5.10 Å². The Balaban J connectivity index is 2.30. The summed E-state index contributed by atoms with van der Waals surface area (Å²) < 4.78 is 0. The molecule has 0 fully saturated rings. The number of pyridine rings is 1. The number of nitrogens with one attached hydrogen (secondary N) is 1. The first-order valence-corrected chi connectivity index (χ1v) is 6.12. The summed E-state index contributed by atoms with van der Waals surface area (Å²) in [5.41, 5.74) is 3.17.